The molecule has 0 aliphatic heterocycles. The summed E-state index contributed by atoms with van der Waals surface area (Å²) in [6.07, 6.45) is -38.5. The molecule has 1 aromatic carbocycles. The zero-order valence-corrected chi connectivity index (χ0v) is 16.0. The summed E-state index contributed by atoms with van der Waals surface area (Å²) in [4.78, 5) is 11.6. The van der Waals surface area contributed by atoms with Crippen LogP contribution in [-0.2, 0) is 14.3 Å². The molecule has 4 nitrogen and oxygen atoms in total. The number of ether oxygens (including phenoxy) is 2. The zero-order chi connectivity index (χ0) is 28.8. The Morgan fingerprint density at radius 3 is 1.39 bits per heavy atom. The van der Waals surface area contributed by atoms with E-state index in [4.69, 9.17) is 0 Å². The second-order valence-electron chi connectivity index (χ2n) is 6.32. The third kappa shape index (κ3) is 5.54. The number of para-hydroxylation sites is 1. The molecule has 36 heavy (non-hydrogen) atoms. The maximum atomic E-state index is 14.3. The summed E-state index contributed by atoms with van der Waals surface area (Å²) >= 11 is 0. The molecule has 0 heterocycles. The quantitative estimate of drug-likeness (QED) is 0.363. The predicted octanol–water partition coefficient (Wildman–Crippen LogP) is 6.50. The zero-order valence-electron chi connectivity index (χ0n) is 16.0. The Balaban J connectivity index is 3.61. The number of carbonyl (C=O) groups is 1. The van der Waals surface area contributed by atoms with Gasteiger partial charge in [-0.2, -0.15) is 74.6 Å². The normalized spacial score (nSPS) is 17.8. The average Bonchev–Trinajstić information content (AvgIpc) is 2.65. The number of anilines is 1. The van der Waals surface area contributed by atoms with Crippen molar-refractivity contribution in [2.24, 2.45) is 0 Å². The van der Waals surface area contributed by atoms with Gasteiger partial charge in [0.15, 0.2) is 0 Å². The van der Waals surface area contributed by atoms with Gasteiger partial charge in [-0.25, -0.2) is 0 Å². The molecule has 0 aliphatic carbocycles. The van der Waals surface area contributed by atoms with E-state index in [-0.39, 0.29) is 0 Å². The van der Waals surface area contributed by atoms with E-state index in [2.05, 4.69) is 0 Å². The highest BCUT2D eigenvalue weighted by atomic mass is 19.4. The first-order chi connectivity index (χ1) is 15.7. The Morgan fingerprint density at radius 1 is 0.583 bits per heavy atom. The smallest absolute Gasteiger partial charge is 0.321 e. The lowest BCUT2D eigenvalue weighted by Gasteiger charge is -2.40. The van der Waals surface area contributed by atoms with E-state index in [1.807, 2.05) is 4.74 Å². The van der Waals surface area contributed by atoms with E-state index in [0.29, 0.717) is 12.1 Å². The minimum Gasteiger partial charge on any atom is -0.321 e. The van der Waals surface area contributed by atoms with Crippen LogP contribution in [0.25, 0.3) is 0 Å². The van der Waals surface area contributed by atoms with Gasteiger partial charge in [0.25, 0.3) is 5.91 Å². The molecule has 1 N–H and O–H groups in total. The van der Waals surface area contributed by atoms with Crippen molar-refractivity contribution in [2.75, 3.05) is 5.32 Å². The van der Waals surface area contributed by atoms with Gasteiger partial charge in [-0.3, -0.25) is 14.3 Å². The summed E-state index contributed by atoms with van der Waals surface area (Å²) in [6.45, 7) is 0. The molecule has 0 saturated carbocycles. The van der Waals surface area contributed by atoms with Gasteiger partial charge in [-0.1, -0.05) is 18.2 Å². The maximum absolute atomic E-state index is 14.3. The number of nitrogens with one attached hydrogen (secondary N) is 1. The van der Waals surface area contributed by atoms with Crippen LogP contribution in [0.5, 0.6) is 0 Å². The number of hydrogen-bond donors (Lipinski definition) is 1. The summed E-state index contributed by atoms with van der Waals surface area (Å²) in [5.41, 5.74) is -0.893. The van der Waals surface area contributed by atoms with Crippen molar-refractivity contribution < 1.29 is 88.9 Å². The SMILES string of the molecule is O=C(Nc1ccccc1)[C@@](F)(OC(F)(F)[C@@](F)(OC(F)(F)C(F)(F)C(F)(F)F)C(F)(F)F)C(F)(F)F. The van der Waals surface area contributed by atoms with Gasteiger partial charge in [0.2, 0.25) is 0 Å². The van der Waals surface area contributed by atoms with Gasteiger partial charge in [-0.05, 0) is 12.1 Å². The highest BCUT2D eigenvalue weighted by Gasteiger charge is 2.85. The number of benzene rings is 1. The molecule has 0 unspecified atom stereocenters. The van der Waals surface area contributed by atoms with Crippen LogP contribution in [0.4, 0.5) is 80.3 Å². The standard InChI is InChI=1S/C15H6F17NO3/c16-8(11(20,21)22,7(34)33-6-4-2-1-3-5-6)35-15(31,32)10(19,13(26,27)28)36-14(29,30)9(17,18)12(23,24)25/h1-5H,(H,33,34)/t8-,10+/m1/s1. The molecule has 0 bridgehead atoms. The van der Waals surface area contributed by atoms with Crippen molar-refractivity contribution in [3.63, 3.8) is 0 Å². The largest absolute Gasteiger partial charge is 0.462 e. The van der Waals surface area contributed by atoms with Crippen LogP contribution in [0, 0.1) is 0 Å². The van der Waals surface area contributed by atoms with Crippen LogP contribution in [0.2, 0.25) is 0 Å². The van der Waals surface area contributed by atoms with Crippen molar-refractivity contribution in [3.8, 4) is 0 Å². The molecule has 0 radical (unpaired) electrons. The molecular formula is C15H6F17NO3. The van der Waals surface area contributed by atoms with Gasteiger partial charge < -0.3 is 5.32 Å². The van der Waals surface area contributed by atoms with Crippen LogP contribution >= 0.6 is 0 Å². The molecule has 1 rings (SSSR count). The molecule has 1 amide bonds. The minimum atomic E-state index is -8.05. The number of rotatable bonds is 8. The van der Waals surface area contributed by atoms with Crippen LogP contribution in [0.3, 0.4) is 0 Å². The van der Waals surface area contributed by atoms with E-state index < -0.39 is 60.0 Å². The molecule has 2 atom stereocenters. The number of carbonyl (C=O) groups excluding carboxylic acids is 1. The van der Waals surface area contributed by atoms with E-state index in [1.165, 1.54) is 4.74 Å². The van der Waals surface area contributed by atoms with Crippen LogP contribution in [-0.4, -0.2) is 54.3 Å². The van der Waals surface area contributed by atoms with Gasteiger partial charge >= 0.3 is 48.4 Å². The number of hydrogen-bond acceptors (Lipinski definition) is 3. The topological polar surface area (TPSA) is 47.6 Å². The Labute approximate surface area is 185 Å². The average molecular weight is 571 g/mol. The summed E-state index contributed by atoms with van der Waals surface area (Å²) in [7, 11) is 0. The van der Waals surface area contributed by atoms with E-state index >= 15 is 0 Å². The van der Waals surface area contributed by atoms with Crippen molar-refractivity contribution in [1.82, 2.24) is 0 Å². The fourth-order valence-corrected chi connectivity index (χ4v) is 1.90. The second-order valence-corrected chi connectivity index (χ2v) is 6.32. The van der Waals surface area contributed by atoms with Crippen molar-refractivity contribution in [2.45, 2.75) is 48.4 Å². The lowest BCUT2D eigenvalue weighted by molar-refractivity contribution is -0.548. The molecule has 0 saturated heterocycles. The van der Waals surface area contributed by atoms with Crippen molar-refractivity contribution >= 4 is 11.6 Å². The highest BCUT2D eigenvalue weighted by molar-refractivity contribution is 5.96. The van der Waals surface area contributed by atoms with E-state index in [9.17, 15) is 79.4 Å². The van der Waals surface area contributed by atoms with E-state index in [0.717, 1.165) is 23.5 Å². The maximum Gasteiger partial charge on any atom is 0.462 e. The van der Waals surface area contributed by atoms with E-state index in [1.54, 1.807) is 0 Å². The second kappa shape index (κ2) is 9.06. The molecule has 208 valence electrons. The summed E-state index contributed by atoms with van der Waals surface area (Å²) < 4.78 is 225. The Morgan fingerprint density at radius 2 is 1.03 bits per heavy atom. The van der Waals surface area contributed by atoms with Gasteiger partial charge in [0.1, 0.15) is 0 Å². The number of amides is 1. The van der Waals surface area contributed by atoms with Gasteiger partial charge in [-0.15, -0.1) is 0 Å². The Hall–Kier alpha value is -2.58. The van der Waals surface area contributed by atoms with Gasteiger partial charge in [0.05, 0.1) is 0 Å². The fourth-order valence-electron chi connectivity index (χ4n) is 1.90. The van der Waals surface area contributed by atoms with Crippen molar-refractivity contribution in [3.05, 3.63) is 30.3 Å². The Bertz CT molecular complexity index is 926. The molecular weight excluding hydrogens is 565 g/mol. The molecule has 1 aromatic rings. The van der Waals surface area contributed by atoms with Crippen LogP contribution in [0.15, 0.2) is 30.3 Å². The van der Waals surface area contributed by atoms with Crippen molar-refractivity contribution in [1.29, 1.82) is 0 Å². The first-order valence-electron chi connectivity index (χ1n) is 8.14. The van der Waals surface area contributed by atoms with Gasteiger partial charge in [0, 0.05) is 5.69 Å². The Kier molecular flexibility index (Phi) is 7.92. The minimum absolute atomic E-state index is 0.630. The molecule has 0 fully saturated rings. The molecule has 21 heteroatoms. The first-order valence-corrected chi connectivity index (χ1v) is 8.14. The lowest BCUT2D eigenvalue weighted by atomic mass is 10.2. The lowest BCUT2D eigenvalue weighted by Crippen LogP contribution is -2.68. The third-order valence-corrected chi connectivity index (χ3v) is 3.69. The van der Waals surface area contributed by atoms with Crippen LogP contribution < -0.4 is 5.32 Å². The first kappa shape index (κ1) is 31.4. The molecule has 0 spiro atoms. The number of alkyl halides is 17. The predicted molar refractivity (Wildman–Crippen MR) is 77.9 cm³/mol. The summed E-state index contributed by atoms with van der Waals surface area (Å²) in [5.74, 6) is -26.2. The summed E-state index contributed by atoms with van der Waals surface area (Å²) in [6, 6.07) is 4.19. The number of halogens is 17. The molecule has 0 aromatic heterocycles. The third-order valence-electron chi connectivity index (χ3n) is 3.69. The highest BCUT2D eigenvalue weighted by Crippen LogP contribution is 2.56. The molecule has 0 aliphatic rings. The summed E-state index contributed by atoms with van der Waals surface area (Å²) in [5, 5.41) is 0.841. The fraction of sp³-hybridized carbons (Fsp3) is 0.533. The monoisotopic (exact) mass is 571 g/mol. The van der Waals surface area contributed by atoms with Crippen LogP contribution in [0.1, 0.15) is 0 Å².